The summed E-state index contributed by atoms with van der Waals surface area (Å²) in [5.74, 6) is 1.41. The van der Waals surface area contributed by atoms with Crippen LogP contribution in [-0.4, -0.2) is 30.7 Å². The number of methoxy groups -OCH3 is 1. The third kappa shape index (κ3) is 3.92. The molecule has 31 heavy (non-hydrogen) atoms. The molecule has 1 N–H and O–H groups in total. The van der Waals surface area contributed by atoms with Crippen LogP contribution in [0, 0.1) is 6.92 Å². The number of allylic oxidation sites excluding steroid dienone is 2. The Bertz CT molecular complexity index is 1040. The lowest BCUT2D eigenvalue weighted by Gasteiger charge is -2.33. The molecule has 5 heteroatoms. The first-order valence-electron chi connectivity index (χ1n) is 10.9. The van der Waals surface area contributed by atoms with Gasteiger partial charge in [0.15, 0.2) is 11.5 Å². The van der Waals surface area contributed by atoms with Crippen molar-refractivity contribution in [2.45, 2.75) is 45.7 Å². The molecule has 0 spiro atoms. The third-order valence-electron chi connectivity index (χ3n) is 6.10. The molecule has 2 atom stereocenters. The molecule has 2 amide bonds. The maximum Gasteiger partial charge on any atom is 0.322 e. The number of carbonyl (C=O) groups excluding carboxylic acids is 1. The van der Waals surface area contributed by atoms with Crippen LogP contribution in [0.5, 0.6) is 11.5 Å². The van der Waals surface area contributed by atoms with Gasteiger partial charge in [-0.15, -0.1) is 0 Å². The van der Waals surface area contributed by atoms with Crippen molar-refractivity contribution < 1.29 is 14.3 Å². The molecule has 0 saturated carbocycles. The summed E-state index contributed by atoms with van der Waals surface area (Å²) >= 11 is 0. The fraction of sp³-hybridized carbons (Fsp3) is 0.346. The van der Waals surface area contributed by atoms with E-state index in [1.165, 1.54) is 16.7 Å². The zero-order valence-electron chi connectivity index (χ0n) is 18.6. The number of urea groups is 1. The number of rotatable bonds is 7. The average Bonchev–Trinajstić information content (AvgIpc) is 3.10. The topological polar surface area (TPSA) is 50.8 Å². The van der Waals surface area contributed by atoms with Gasteiger partial charge in [0.05, 0.1) is 25.8 Å². The molecule has 0 radical (unpaired) electrons. The van der Waals surface area contributed by atoms with Gasteiger partial charge in [0.25, 0.3) is 0 Å². The van der Waals surface area contributed by atoms with Crippen molar-refractivity contribution in [3.05, 3.63) is 77.0 Å². The Morgan fingerprint density at radius 2 is 1.97 bits per heavy atom. The molecular formula is C26H30N2O3. The van der Waals surface area contributed by atoms with Gasteiger partial charge in [-0.2, -0.15) is 0 Å². The number of amides is 2. The Labute approximate surface area is 184 Å². The van der Waals surface area contributed by atoms with Gasteiger partial charge < -0.3 is 19.7 Å². The summed E-state index contributed by atoms with van der Waals surface area (Å²) in [5, 5.41) is 3.12. The molecule has 4 rings (SSSR count). The minimum absolute atomic E-state index is 0.0165. The Hall–Kier alpha value is -3.21. The Morgan fingerprint density at radius 1 is 1.16 bits per heavy atom. The van der Waals surface area contributed by atoms with Crippen molar-refractivity contribution in [3.63, 3.8) is 0 Å². The first-order chi connectivity index (χ1) is 15.1. The van der Waals surface area contributed by atoms with E-state index in [0.29, 0.717) is 18.1 Å². The van der Waals surface area contributed by atoms with Gasteiger partial charge >= 0.3 is 6.03 Å². The standard InChI is InChI=1S/C26H30N2O3/c1-5-22(19-12-14-24(30-4)25(16-19)31-6-2)28-23-13-11-18(15-21(23)27-26(28)29)20-10-8-7-9-17(20)3/h7-12,14-16,22-23H,5-6,13H2,1-4H3,(H,27,29)/t22-,23?/m1/s1. The first-order valence-corrected chi connectivity index (χ1v) is 10.9. The van der Waals surface area contributed by atoms with E-state index in [9.17, 15) is 4.79 Å². The molecule has 0 aromatic heterocycles. The van der Waals surface area contributed by atoms with Gasteiger partial charge in [0.2, 0.25) is 0 Å². The van der Waals surface area contributed by atoms with Crippen LogP contribution in [0.1, 0.15) is 49.4 Å². The highest BCUT2D eigenvalue weighted by molar-refractivity contribution is 5.86. The van der Waals surface area contributed by atoms with E-state index in [2.05, 4.69) is 55.6 Å². The van der Waals surface area contributed by atoms with Crippen molar-refractivity contribution in [2.75, 3.05) is 13.7 Å². The minimum atomic E-state index is -0.0468. The molecule has 5 nitrogen and oxygen atoms in total. The lowest BCUT2D eigenvalue weighted by molar-refractivity contribution is 0.175. The first kappa shape index (κ1) is 21.0. The van der Waals surface area contributed by atoms with Gasteiger partial charge in [0.1, 0.15) is 0 Å². The monoisotopic (exact) mass is 418 g/mol. The van der Waals surface area contributed by atoms with Crippen LogP contribution in [0.3, 0.4) is 0 Å². The highest BCUT2D eigenvalue weighted by Crippen LogP contribution is 2.39. The average molecular weight is 419 g/mol. The number of carbonyl (C=O) groups is 1. The highest BCUT2D eigenvalue weighted by Gasteiger charge is 2.40. The maximum absolute atomic E-state index is 13.1. The van der Waals surface area contributed by atoms with Gasteiger partial charge in [0, 0.05) is 5.70 Å². The fourth-order valence-electron chi connectivity index (χ4n) is 4.61. The normalized spacial score (nSPS) is 18.6. The largest absolute Gasteiger partial charge is 0.493 e. The van der Waals surface area contributed by atoms with Crippen LogP contribution in [0.15, 0.2) is 60.3 Å². The molecule has 0 bridgehead atoms. The summed E-state index contributed by atoms with van der Waals surface area (Å²) in [6, 6.07) is 14.2. The van der Waals surface area contributed by atoms with Crippen molar-refractivity contribution in [1.82, 2.24) is 10.2 Å². The van der Waals surface area contributed by atoms with Gasteiger partial charge in [-0.1, -0.05) is 43.3 Å². The van der Waals surface area contributed by atoms with Crippen LogP contribution in [0.25, 0.3) is 5.57 Å². The highest BCUT2D eigenvalue weighted by atomic mass is 16.5. The summed E-state index contributed by atoms with van der Waals surface area (Å²) in [6.45, 7) is 6.74. The number of hydrogen-bond donors (Lipinski definition) is 1. The number of aryl methyl sites for hydroxylation is 1. The smallest absolute Gasteiger partial charge is 0.322 e. The van der Waals surface area contributed by atoms with Gasteiger partial charge in [-0.25, -0.2) is 4.79 Å². The molecule has 162 valence electrons. The van der Waals surface area contributed by atoms with E-state index in [1.54, 1.807) is 7.11 Å². The van der Waals surface area contributed by atoms with Crippen molar-refractivity contribution >= 4 is 11.6 Å². The summed E-state index contributed by atoms with van der Waals surface area (Å²) in [4.78, 5) is 15.0. The second-order valence-electron chi connectivity index (χ2n) is 7.93. The van der Waals surface area contributed by atoms with E-state index >= 15 is 0 Å². The molecule has 1 saturated heterocycles. The Balaban J connectivity index is 1.64. The molecular weight excluding hydrogens is 388 g/mol. The second kappa shape index (κ2) is 8.88. The van der Waals surface area contributed by atoms with Gasteiger partial charge in [-0.3, -0.25) is 0 Å². The lowest BCUT2D eigenvalue weighted by Crippen LogP contribution is -2.37. The molecule has 2 aromatic carbocycles. The van der Waals surface area contributed by atoms with E-state index in [4.69, 9.17) is 9.47 Å². The summed E-state index contributed by atoms with van der Waals surface area (Å²) in [7, 11) is 1.64. The third-order valence-corrected chi connectivity index (χ3v) is 6.10. The predicted molar refractivity (Wildman–Crippen MR) is 123 cm³/mol. The molecule has 1 fully saturated rings. The molecule has 2 aromatic rings. The Morgan fingerprint density at radius 3 is 2.68 bits per heavy atom. The number of fused-ring (bicyclic) bond motifs is 1. The van der Waals surface area contributed by atoms with Crippen molar-refractivity contribution in [1.29, 1.82) is 0 Å². The second-order valence-corrected chi connectivity index (χ2v) is 7.93. The van der Waals surface area contributed by atoms with E-state index in [0.717, 1.165) is 24.1 Å². The van der Waals surface area contributed by atoms with Gasteiger partial charge in [-0.05, 0) is 67.2 Å². The number of benzene rings is 2. The SMILES string of the molecule is CCOc1cc([C@@H](CC)N2C(=O)NC3=CC(c4ccccc4C)=CCC32)ccc1OC. The lowest BCUT2D eigenvalue weighted by atomic mass is 9.91. The zero-order chi connectivity index (χ0) is 22.0. The van der Waals surface area contributed by atoms with E-state index < -0.39 is 0 Å². The Kier molecular flexibility index (Phi) is 6.03. The minimum Gasteiger partial charge on any atom is -0.493 e. The van der Waals surface area contributed by atoms with Crippen LogP contribution in [0.2, 0.25) is 0 Å². The van der Waals surface area contributed by atoms with Crippen LogP contribution >= 0.6 is 0 Å². The van der Waals surface area contributed by atoms with Crippen molar-refractivity contribution in [3.8, 4) is 11.5 Å². The molecule has 1 aliphatic carbocycles. The van der Waals surface area contributed by atoms with Crippen LogP contribution in [0.4, 0.5) is 4.79 Å². The number of hydrogen-bond acceptors (Lipinski definition) is 3. The summed E-state index contributed by atoms with van der Waals surface area (Å²) < 4.78 is 11.2. The van der Waals surface area contributed by atoms with Crippen LogP contribution in [-0.2, 0) is 0 Å². The zero-order valence-corrected chi connectivity index (χ0v) is 18.6. The molecule has 1 heterocycles. The number of nitrogens with zero attached hydrogens (tertiary/aromatic N) is 1. The molecule has 1 unspecified atom stereocenters. The maximum atomic E-state index is 13.1. The predicted octanol–water partition coefficient (Wildman–Crippen LogP) is 5.62. The molecule has 2 aliphatic rings. The quantitative estimate of drug-likeness (QED) is 0.635. The van der Waals surface area contributed by atoms with E-state index in [-0.39, 0.29) is 18.1 Å². The van der Waals surface area contributed by atoms with Crippen LogP contribution < -0.4 is 14.8 Å². The van der Waals surface area contributed by atoms with E-state index in [1.807, 2.05) is 30.0 Å². The number of nitrogens with one attached hydrogen (secondary N) is 1. The summed E-state index contributed by atoms with van der Waals surface area (Å²) in [6.07, 6.45) is 5.97. The van der Waals surface area contributed by atoms with Crippen molar-refractivity contribution in [2.24, 2.45) is 0 Å². The number of ether oxygens (including phenoxy) is 2. The fourth-order valence-corrected chi connectivity index (χ4v) is 4.61. The summed E-state index contributed by atoms with van der Waals surface area (Å²) in [5.41, 5.74) is 5.64. The molecule has 1 aliphatic heterocycles.